The second-order valence-electron chi connectivity index (χ2n) is 6.98. The molecule has 0 spiro atoms. The third-order valence-corrected chi connectivity index (χ3v) is 5.01. The van der Waals surface area contributed by atoms with Crippen LogP contribution in [0.25, 0.3) is 0 Å². The van der Waals surface area contributed by atoms with E-state index in [0.29, 0.717) is 39.3 Å². The number of nitrogens with zero attached hydrogens (tertiary/aromatic N) is 1. The van der Waals surface area contributed by atoms with Gasteiger partial charge in [0.2, 0.25) is 0 Å². The zero-order valence-corrected chi connectivity index (χ0v) is 15.4. The summed E-state index contributed by atoms with van der Waals surface area (Å²) in [6.07, 6.45) is -1.23. The van der Waals surface area contributed by atoms with Gasteiger partial charge in [-0.2, -0.15) is 0 Å². The molecule has 3 rings (SSSR count). The summed E-state index contributed by atoms with van der Waals surface area (Å²) in [5, 5.41) is 24.1. The van der Waals surface area contributed by atoms with Gasteiger partial charge in [0.25, 0.3) is 0 Å². The van der Waals surface area contributed by atoms with Gasteiger partial charge in [-0.1, -0.05) is 60.7 Å². The molecule has 0 radical (unpaired) electrons. The second-order valence-corrected chi connectivity index (χ2v) is 6.98. The van der Waals surface area contributed by atoms with Crippen molar-refractivity contribution in [3.63, 3.8) is 0 Å². The number of quaternary nitrogens is 1. The average molecular weight is 370 g/mol. The molecule has 4 N–H and O–H groups in total. The molecule has 1 heterocycles. The van der Waals surface area contributed by atoms with Crippen LogP contribution in [0.1, 0.15) is 23.3 Å². The van der Waals surface area contributed by atoms with Gasteiger partial charge in [0.15, 0.2) is 0 Å². The summed E-state index contributed by atoms with van der Waals surface area (Å²) < 4.78 is 0. The standard InChI is InChI=1S/C21H27N3O3/c25-19(17-7-3-1-4-8-17)15-23(13-14-24-12-11-22-21(24)27)16-20(26)18-9-5-2-6-10-18/h1-10,19-20,25-26H,11-16H2,(H,22,27)/p+1/t19-,20+. The highest BCUT2D eigenvalue weighted by molar-refractivity contribution is 5.76. The third-order valence-electron chi connectivity index (χ3n) is 5.01. The van der Waals surface area contributed by atoms with Gasteiger partial charge in [-0.3, -0.25) is 0 Å². The highest BCUT2D eigenvalue weighted by Crippen LogP contribution is 2.12. The quantitative estimate of drug-likeness (QED) is 0.515. The highest BCUT2D eigenvalue weighted by Gasteiger charge is 2.25. The number of carbonyl (C=O) groups excluding carboxylic acids is 1. The molecule has 1 unspecified atom stereocenters. The van der Waals surface area contributed by atoms with Crippen LogP contribution in [0.2, 0.25) is 0 Å². The van der Waals surface area contributed by atoms with Crippen molar-refractivity contribution in [3.05, 3.63) is 71.8 Å². The Morgan fingerprint density at radius 3 is 1.89 bits per heavy atom. The van der Waals surface area contributed by atoms with E-state index in [1.54, 1.807) is 4.90 Å². The number of urea groups is 1. The summed E-state index contributed by atoms with van der Waals surface area (Å²) in [7, 11) is 0. The summed E-state index contributed by atoms with van der Waals surface area (Å²) in [6, 6.07) is 19.1. The van der Waals surface area contributed by atoms with Gasteiger partial charge in [-0.15, -0.1) is 0 Å². The Labute approximate surface area is 160 Å². The van der Waals surface area contributed by atoms with Crippen LogP contribution >= 0.6 is 0 Å². The van der Waals surface area contributed by atoms with E-state index in [0.717, 1.165) is 16.0 Å². The first-order valence-electron chi connectivity index (χ1n) is 9.46. The summed E-state index contributed by atoms with van der Waals surface area (Å²) >= 11 is 0. The number of nitrogens with one attached hydrogen (secondary N) is 2. The van der Waals surface area contributed by atoms with Gasteiger partial charge >= 0.3 is 6.03 Å². The topological polar surface area (TPSA) is 77.2 Å². The maximum absolute atomic E-state index is 11.8. The van der Waals surface area contributed by atoms with E-state index < -0.39 is 12.2 Å². The fourth-order valence-electron chi connectivity index (χ4n) is 3.44. The molecule has 3 atom stereocenters. The zero-order valence-electron chi connectivity index (χ0n) is 15.4. The fourth-order valence-corrected chi connectivity index (χ4v) is 3.44. The number of amides is 2. The molecule has 2 aromatic rings. The third kappa shape index (κ3) is 5.53. The van der Waals surface area contributed by atoms with Crippen LogP contribution in [0.3, 0.4) is 0 Å². The van der Waals surface area contributed by atoms with Crippen LogP contribution in [-0.2, 0) is 0 Å². The van der Waals surface area contributed by atoms with Crippen molar-refractivity contribution < 1.29 is 19.9 Å². The van der Waals surface area contributed by atoms with Crippen LogP contribution in [0.4, 0.5) is 4.79 Å². The van der Waals surface area contributed by atoms with Crippen LogP contribution in [0.15, 0.2) is 60.7 Å². The number of carbonyl (C=O) groups is 1. The van der Waals surface area contributed by atoms with E-state index in [9.17, 15) is 15.0 Å². The average Bonchev–Trinajstić information content (AvgIpc) is 3.12. The SMILES string of the molecule is O=C1NCCN1CC[NH+](C[C@@H](O)c1ccccc1)C[C@H](O)c1ccccc1. The first kappa shape index (κ1) is 19.4. The van der Waals surface area contributed by atoms with Gasteiger partial charge in [0.1, 0.15) is 25.3 Å². The number of benzene rings is 2. The predicted octanol–water partition coefficient (Wildman–Crippen LogP) is 0.364. The lowest BCUT2D eigenvalue weighted by molar-refractivity contribution is -0.907. The van der Waals surface area contributed by atoms with Crippen molar-refractivity contribution in [2.75, 3.05) is 39.3 Å². The Morgan fingerprint density at radius 1 is 0.926 bits per heavy atom. The molecule has 1 saturated heterocycles. The number of hydrogen-bond acceptors (Lipinski definition) is 3. The van der Waals surface area contributed by atoms with Crippen LogP contribution in [0, 0.1) is 0 Å². The molecular weight excluding hydrogens is 342 g/mol. The minimum Gasteiger partial charge on any atom is -0.382 e. The molecule has 0 aliphatic carbocycles. The monoisotopic (exact) mass is 370 g/mol. The van der Waals surface area contributed by atoms with Crippen molar-refractivity contribution in [2.24, 2.45) is 0 Å². The van der Waals surface area contributed by atoms with Crippen molar-refractivity contribution in [3.8, 4) is 0 Å². The van der Waals surface area contributed by atoms with E-state index >= 15 is 0 Å². The lowest BCUT2D eigenvalue weighted by Gasteiger charge is -2.26. The van der Waals surface area contributed by atoms with Crippen molar-refractivity contribution in [1.29, 1.82) is 0 Å². The minimum atomic E-state index is -0.614. The Bertz CT molecular complexity index is 664. The summed E-state index contributed by atoms with van der Waals surface area (Å²) in [4.78, 5) is 14.6. The first-order valence-corrected chi connectivity index (χ1v) is 9.46. The second kappa shape index (κ2) is 9.50. The summed E-state index contributed by atoms with van der Waals surface area (Å²) in [5.41, 5.74) is 1.73. The molecule has 1 aliphatic rings. The molecule has 2 aromatic carbocycles. The Kier molecular flexibility index (Phi) is 6.81. The number of aliphatic hydroxyl groups excluding tert-OH is 2. The van der Waals surface area contributed by atoms with Crippen molar-refractivity contribution in [1.82, 2.24) is 10.2 Å². The van der Waals surface area contributed by atoms with E-state index in [2.05, 4.69) is 5.32 Å². The molecule has 6 heteroatoms. The molecule has 0 aromatic heterocycles. The van der Waals surface area contributed by atoms with Crippen molar-refractivity contribution >= 4 is 6.03 Å². The summed E-state index contributed by atoms with van der Waals surface area (Å²) in [5.74, 6) is 0. The molecular formula is C21H28N3O3+. The van der Waals surface area contributed by atoms with E-state index in [1.165, 1.54) is 0 Å². The lowest BCUT2D eigenvalue weighted by Crippen LogP contribution is -3.13. The largest absolute Gasteiger partial charge is 0.382 e. The Hall–Kier alpha value is -2.41. The van der Waals surface area contributed by atoms with Gasteiger partial charge in [0.05, 0.1) is 13.1 Å². The smallest absolute Gasteiger partial charge is 0.317 e. The highest BCUT2D eigenvalue weighted by atomic mass is 16.3. The van der Waals surface area contributed by atoms with Crippen LogP contribution in [-0.4, -0.2) is 60.4 Å². The fraction of sp³-hybridized carbons (Fsp3) is 0.381. The first-order chi connectivity index (χ1) is 13.1. The molecule has 144 valence electrons. The molecule has 2 amide bonds. The summed E-state index contributed by atoms with van der Waals surface area (Å²) in [6.45, 7) is 3.60. The molecule has 1 aliphatic heterocycles. The number of rotatable bonds is 9. The van der Waals surface area contributed by atoms with Gasteiger partial charge < -0.3 is 25.3 Å². The molecule has 0 bridgehead atoms. The Morgan fingerprint density at radius 2 is 1.44 bits per heavy atom. The molecule has 6 nitrogen and oxygen atoms in total. The Balaban J connectivity index is 1.64. The normalized spacial score (nSPS) is 17.4. The van der Waals surface area contributed by atoms with Crippen LogP contribution < -0.4 is 10.2 Å². The number of aliphatic hydroxyl groups is 2. The lowest BCUT2D eigenvalue weighted by atomic mass is 10.1. The number of hydrogen-bond donors (Lipinski definition) is 4. The molecule has 1 fully saturated rings. The molecule has 0 saturated carbocycles. The maximum atomic E-state index is 11.8. The van der Waals surface area contributed by atoms with E-state index in [-0.39, 0.29) is 6.03 Å². The molecule has 27 heavy (non-hydrogen) atoms. The zero-order chi connectivity index (χ0) is 19.1. The van der Waals surface area contributed by atoms with Gasteiger partial charge in [-0.05, 0) is 11.1 Å². The van der Waals surface area contributed by atoms with Crippen molar-refractivity contribution in [2.45, 2.75) is 12.2 Å². The van der Waals surface area contributed by atoms with Gasteiger partial charge in [0, 0.05) is 13.1 Å². The predicted molar refractivity (Wildman–Crippen MR) is 103 cm³/mol. The maximum Gasteiger partial charge on any atom is 0.317 e. The van der Waals surface area contributed by atoms with Gasteiger partial charge in [-0.25, -0.2) is 4.79 Å². The van der Waals surface area contributed by atoms with Crippen LogP contribution in [0.5, 0.6) is 0 Å². The van der Waals surface area contributed by atoms with E-state index in [1.807, 2.05) is 60.7 Å². The minimum absolute atomic E-state index is 0.0402. The van der Waals surface area contributed by atoms with E-state index in [4.69, 9.17) is 0 Å².